The van der Waals surface area contributed by atoms with Crippen molar-refractivity contribution in [1.29, 1.82) is 0 Å². The zero-order chi connectivity index (χ0) is 18.8. The van der Waals surface area contributed by atoms with Crippen LogP contribution in [-0.2, 0) is 0 Å². The van der Waals surface area contributed by atoms with Gasteiger partial charge in [0, 0.05) is 38.3 Å². The number of hydrogen-bond donors (Lipinski definition) is 1. The average Bonchev–Trinajstić information content (AvgIpc) is 2.89. The molecule has 2 aromatic rings. The summed E-state index contributed by atoms with van der Waals surface area (Å²) >= 11 is 6.21. The van der Waals surface area contributed by atoms with E-state index in [9.17, 15) is 9.90 Å². The summed E-state index contributed by atoms with van der Waals surface area (Å²) in [5.41, 5.74) is 3.23. The molecule has 0 unspecified atom stereocenters. The van der Waals surface area contributed by atoms with Gasteiger partial charge >= 0.3 is 0 Å². The first-order valence-electron chi connectivity index (χ1n) is 8.88. The molecule has 0 radical (unpaired) electrons. The fraction of sp³-hybridized carbons (Fsp3) is 0.474. The molecule has 1 aliphatic rings. The highest BCUT2D eigenvalue weighted by Gasteiger charge is 2.22. The summed E-state index contributed by atoms with van der Waals surface area (Å²) in [6.45, 7) is 9.19. The fourth-order valence-corrected chi connectivity index (χ4v) is 3.43. The number of aliphatic hydroxyl groups excluding tert-OH is 1. The molecule has 1 aliphatic heterocycles. The minimum atomic E-state index is -0.340. The first kappa shape index (κ1) is 18.9. The Morgan fingerprint density at radius 1 is 1.19 bits per heavy atom. The van der Waals surface area contributed by atoms with Gasteiger partial charge in [0.1, 0.15) is 0 Å². The van der Waals surface area contributed by atoms with Crippen molar-refractivity contribution in [2.24, 2.45) is 0 Å². The second-order valence-electron chi connectivity index (χ2n) is 6.89. The number of piperazine rings is 1. The largest absolute Gasteiger partial charge is 0.392 e. The molecule has 1 fully saturated rings. The smallest absolute Gasteiger partial charge is 0.253 e. The van der Waals surface area contributed by atoms with Crippen molar-refractivity contribution in [1.82, 2.24) is 19.6 Å². The number of aryl methyl sites for hydroxylation is 1. The van der Waals surface area contributed by atoms with Crippen LogP contribution in [0, 0.1) is 13.8 Å². The summed E-state index contributed by atoms with van der Waals surface area (Å²) in [7, 11) is 0. The Balaban J connectivity index is 1.67. The molecule has 1 amide bonds. The van der Waals surface area contributed by atoms with Gasteiger partial charge < -0.3 is 10.0 Å². The van der Waals surface area contributed by atoms with Gasteiger partial charge in [-0.3, -0.25) is 9.69 Å². The average molecular weight is 377 g/mol. The first-order chi connectivity index (χ1) is 12.4. The minimum absolute atomic E-state index is 0.0413. The molecule has 0 bridgehead atoms. The Morgan fingerprint density at radius 3 is 2.31 bits per heavy atom. The van der Waals surface area contributed by atoms with Crippen LogP contribution in [0.2, 0.25) is 5.02 Å². The highest BCUT2D eigenvalue weighted by atomic mass is 35.5. The molecule has 1 saturated heterocycles. The van der Waals surface area contributed by atoms with E-state index in [-0.39, 0.29) is 12.0 Å². The molecule has 0 aliphatic carbocycles. The lowest BCUT2D eigenvalue weighted by molar-refractivity contribution is 0.0554. The predicted octanol–water partition coefficient (Wildman–Crippen LogP) is 2.28. The van der Waals surface area contributed by atoms with Crippen molar-refractivity contribution in [3.8, 4) is 5.69 Å². The van der Waals surface area contributed by atoms with Crippen molar-refractivity contribution in [3.63, 3.8) is 0 Å². The van der Waals surface area contributed by atoms with Gasteiger partial charge in [-0.15, -0.1) is 0 Å². The molecule has 0 saturated carbocycles. The number of rotatable bonds is 4. The van der Waals surface area contributed by atoms with Crippen LogP contribution < -0.4 is 0 Å². The summed E-state index contributed by atoms with van der Waals surface area (Å²) in [5, 5.41) is 14.6. The van der Waals surface area contributed by atoms with Gasteiger partial charge in [-0.1, -0.05) is 11.6 Å². The van der Waals surface area contributed by atoms with Gasteiger partial charge in [0.15, 0.2) is 0 Å². The number of β-amino-alcohol motifs (C(OH)–C–C–N with tert-alkyl or cyclic N) is 1. The van der Waals surface area contributed by atoms with Crippen LogP contribution in [0.4, 0.5) is 0 Å². The Labute approximate surface area is 159 Å². The molecule has 2 heterocycles. The molecule has 6 nitrogen and oxygen atoms in total. The van der Waals surface area contributed by atoms with E-state index < -0.39 is 0 Å². The SMILES string of the molecule is Cc1nn(-c2ccc(C(=O)N3CCN(C[C@@H](C)O)CC3)cc2)c(C)c1Cl. The monoisotopic (exact) mass is 376 g/mol. The third kappa shape index (κ3) is 3.92. The van der Waals surface area contributed by atoms with E-state index in [1.807, 2.05) is 43.0 Å². The Bertz CT molecular complexity index is 778. The van der Waals surface area contributed by atoms with E-state index in [0.717, 1.165) is 30.2 Å². The van der Waals surface area contributed by atoms with Gasteiger partial charge in [-0.05, 0) is 45.0 Å². The molecule has 7 heteroatoms. The Morgan fingerprint density at radius 2 is 1.81 bits per heavy atom. The Hall–Kier alpha value is -1.89. The predicted molar refractivity (Wildman–Crippen MR) is 102 cm³/mol. The molecular weight excluding hydrogens is 352 g/mol. The third-order valence-electron chi connectivity index (χ3n) is 4.74. The van der Waals surface area contributed by atoms with Gasteiger partial charge in [0.05, 0.1) is 28.2 Å². The number of benzene rings is 1. The Kier molecular flexibility index (Phi) is 5.65. The minimum Gasteiger partial charge on any atom is -0.392 e. The molecular formula is C19H25ClN4O2. The lowest BCUT2D eigenvalue weighted by atomic mass is 10.1. The van der Waals surface area contributed by atoms with E-state index in [1.165, 1.54) is 0 Å². The van der Waals surface area contributed by atoms with Crippen molar-refractivity contribution >= 4 is 17.5 Å². The second kappa shape index (κ2) is 7.78. The lowest BCUT2D eigenvalue weighted by Gasteiger charge is -2.35. The molecule has 140 valence electrons. The van der Waals surface area contributed by atoms with Gasteiger partial charge in [0.25, 0.3) is 5.91 Å². The van der Waals surface area contributed by atoms with Gasteiger partial charge in [-0.2, -0.15) is 5.10 Å². The summed E-state index contributed by atoms with van der Waals surface area (Å²) in [5.74, 6) is 0.0413. The number of amides is 1. The fourth-order valence-electron chi connectivity index (χ4n) is 3.31. The standard InChI is InChI=1S/C19H25ClN4O2/c1-13(25)12-22-8-10-23(11-9-22)19(26)16-4-6-17(7-5-16)24-15(3)18(20)14(2)21-24/h4-7,13,25H,8-12H2,1-3H3/t13-/m1/s1. The van der Waals surface area contributed by atoms with E-state index in [0.29, 0.717) is 30.2 Å². The van der Waals surface area contributed by atoms with Crippen LogP contribution in [0.15, 0.2) is 24.3 Å². The zero-order valence-electron chi connectivity index (χ0n) is 15.4. The van der Waals surface area contributed by atoms with Crippen LogP contribution in [-0.4, -0.2) is 69.4 Å². The summed E-state index contributed by atoms with van der Waals surface area (Å²) in [6, 6.07) is 7.47. The number of halogens is 1. The topological polar surface area (TPSA) is 61.6 Å². The number of aliphatic hydroxyl groups is 1. The number of nitrogens with zero attached hydrogens (tertiary/aromatic N) is 4. The third-order valence-corrected chi connectivity index (χ3v) is 5.29. The highest BCUT2D eigenvalue weighted by molar-refractivity contribution is 6.31. The number of carbonyl (C=O) groups excluding carboxylic acids is 1. The molecule has 1 atom stereocenters. The second-order valence-corrected chi connectivity index (χ2v) is 7.26. The molecule has 3 rings (SSSR count). The van der Waals surface area contributed by atoms with Crippen LogP contribution in [0.25, 0.3) is 5.69 Å². The maximum Gasteiger partial charge on any atom is 0.253 e. The van der Waals surface area contributed by atoms with Crippen LogP contribution in [0.3, 0.4) is 0 Å². The number of carbonyl (C=O) groups is 1. The number of aromatic nitrogens is 2. The van der Waals surface area contributed by atoms with Gasteiger partial charge in [-0.25, -0.2) is 4.68 Å². The lowest BCUT2D eigenvalue weighted by Crippen LogP contribution is -2.50. The van der Waals surface area contributed by atoms with Crippen molar-refractivity contribution in [2.45, 2.75) is 26.9 Å². The molecule has 1 aromatic heterocycles. The summed E-state index contributed by atoms with van der Waals surface area (Å²) in [4.78, 5) is 16.8. The normalized spacial score (nSPS) is 16.7. The van der Waals surface area contributed by atoms with E-state index in [2.05, 4.69) is 10.00 Å². The molecule has 0 spiro atoms. The number of hydrogen-bond acceptors (Lipinski definition) is 4. The molecule has 26 heavy (non-hydrogen) atoms. The van der Waals surface area contributed by atoms with Crippen molar-refractivity contribution in [3.05, 3.63) is 46.2 Å². The van der Waals surface area contributed by atoms with E-state index in [4.69, 9.17) is 11.6 Å². The van der Waals surface area contributed by atoms with Crippen molar-refractivity contribution < 1.29 is 9.90 Å². The van der Waals surface area contributed by atoms with E-state index in [1.54, 1.807) is 11.6 Å². The molecule has 1 aromatic carbocycles. The quantitative estimate of drug-likeness (QED) is 0.889. The van der Waals surface area contributed by atoms with Crippen LogP contribution >= 0.6 is 11.6 Å². The van der Waals surface area contributed by atoms with Crippen LogP contribution in [0.1, 0.15) is 28.7 Å². The van der Waals surface area contributed by atoms with Crippen LogP contribution in [0.5, 0.6) is 0 Å². The van der Waals surface area contributed by atoms with Crippen molar-refractivity contribution in [2.75, 3.05) is 32.7 Å². The zero-order valence-corrected chi connectivity index (χ0v) is 16.2. The van der Waals surface area contributed by atoms with Gasteiger partial charge in [0.2, 0.25) is 0 Å². The van der Waals surface area contributed by atoms with E-state index >= 15 is 0 Å². The first-order valence-corrected chi connectivity index (χ1v) is 9.26. The highest BCUT2D eigenvalue weighted by Crippen LogP contribution is 2.22. The summed E-state index contributed by atoms with van der Waals surface area (Å²) < 4.78 is 1.79. The summed E-state index contributed by atoms with van der Waals surface area (Å²) in [6.07, 6.45) is -0.340. The molecule has 1 N–H and O–H groups in total. The maximum absolute atomic E-state index is 12.7. The maximum atomic E-state index is 12.7.